The highest BCUT2D eigenvalue weighted by Gasteiger charge is 2.20. The number of ketones is 1. The highest BCUT2D eigenvalue weighted by atomic mass is 35.5. The summed E-state index contributed by atoms with van der Waals surface area (Å²) >= 11 is 35.1. The fraction of sp³-hybridized carbons (Fsp3) is 0.176. The van der Waals surface area contributed by atoms with Crippen molar-refractivity contribution < 1.29 is 33.8 Å². The largest absolute Gasteiger partial charge is 0.478 e. The molecule has 0 amide bonds. The van der Waals surface area contributed by atoms with E-state index in [1.807, 2.05) is 42.5 Å². The molecule has 0 spiro atoms. The molecule has 0 aliphatic rings. The van der Waals surface area contributed by atoms with Crippen molar-refractivity contribution in [3.63, 3.8) is 0 Å². The van der Waals surface area contributed by atoms with Gasteiger partial charge in [-0.15, -0.1) is 0 Å². The number of Topliss-reactive ketones (excluding diaryl/α,β-unsaturated/α-hetero) is 1. The minimum atomic E-state index is -1.17. The zero-order valence-electron chi connectivity index (χ0n) is 24.8. The van der Waals surface area contributed by atoms with Crippen molar-refractivity contribution in [3.05, 3.63) is 136 Å². The topological polar surface area (TPSA) is 133 Å². The van der Waals surface area contributed by atoms with Crippen molar-refractivity contribution in [3.8, 4) is 0 Å². The van der Waals surface area contributed by atoms with Gasteiger partial charge in [0, 0.05) is 28.6 Å². The first-order chi connectivity index (χ1) is 22.2. The monoisotopic (exact) mass is 775 g/mol. The van der Waals surface area contributed by atoms with Crippen LogP contribution in [0.3, 0.4) is 0 Å². The van der Waals surface area contributed by atoms with E-state index >= 15 is 0 Å². The molecule has 0 saturated carbocycles. The number of hydrogen-bond donors (Lipinski definition) is 2. The first-order valence-corrected chi connectivity index (χ1v) is 15.6. The number of esters is 2. The normalized spacial score (nSPS) is 9.85. The number of nitrogens with two attached hydrogens (primary N) is 1. The number of rotatable bonds is 8. The third-order valence-corrected chi connectivity index (χ3v) is 7.75. The van der Waals surface area contributed by atoms with Gasteiger partial charge in [-0.1, -0.05) is 101 Å². The number of carboxylic acids is 1. The minimum Gasteiger partial charge on any atom is -0.478 e. The molecule has 3 N–H and O–H groups in total. The first-order valence-electron chi connectivity index (χ1n) is 13.3. The quantitative estimate of drug-likeness (QED) is 0.133. The Morgan fingerprint density at radius 3 is 1.40 bits per heavy atom. The van der Waals surface area contributed by atoms with E-state index in [1.54, 1.807) is 6.07 Å². The Morgan fingerprint density at radius 1 is 0.646 bits per heavy atom. The summed E-state index contributed by atoms with van der Waals surface area (Å²) in [6.45, 7) is 0.556. The van der Waals surface area contributed by atoms with Gasteiger partial charge in [-0.25, -0.2) is 14.4 Å². The van der Waals surface area contributed by atoms with E-state index in [2.05, 4.69) is 9.47 Å². The molecule has 0 atom stereocenters. The summed E-state index contributed by atoms with van der Waals surface area (Å²) < 4.78 is 9.05. The number of ether oxygens (including phenoxy) is 2. The number of carbonyl (C=O) groups is 4. The number of carbonyl (C=O) groups excluding carboxylic acids is 3. The Kier molecular flexibility index (Phi) is 18.6. The van der Waals surface area contributed by atoms with E-state index in [4.69, 9.17) is 80.4 Å². The summed E-state index contributed by atoms with van der Waals surface area (Å²) in [5.41, 5.74) is 7.69. The summed E-state index contributed by atoms with van der Waals surface area (Å²) in [7, 11) is 2.42. The van der Waals surface area contributed by atoms with Crippen LogP contribution < -0.4 is 5.73 Å². The molecule has 4 rings (SSSR count). The van der Waals surface area contributed by atoms with Crippen LogP contribution in [-0.4, -0.2) is 43.0 Å². The lowest BCUT2D eigenvalue weighted by molar-refractivity contribution is 0.0592. The van der Waals surface area contributed by atoms with E-state index in [1.165, 1.54) is 26.4 Å². The highest BCUT2D eigenvalue weighted by molar-refractivity contribution is 6.40. The number of carboxylic acid groups (broad SMARTS) is 1. The van der Waals surface area contributed by atoms with Gasteiger partial charge in [0.05, 0.1) is 51.0 Å². The summed E-state index contributed by atoms with van der Waals surface area (Å²) in [6, 6.07) is 20.0. The number of methoxy groups -OCH3 is 2. The zero-order chi connectivity index (χ0) is 35.3. The molecule has 0 aromatic heterocycles. The van der Waals surface area contributed by atoms with Gasteiger partial charge in [-0.05, 0) is 66.1 Å². The SMILES string of the molecule is C.COC(=O)c1c(Cl)cc(C(=O)CCc2cccc(Cl)c2)cc1Cl.COC(=O)c1c(Cl)cc(C(=O)O)cc1Cl.NCc1cccc(Cl)c1. The van der Waals surface area contributed by atoms with Crippen molar-refractivity contribution in [1.82, 2.24) is 0 Å². The number of halogens is 6. The van der Waals surface area contributed by atoms with Gasteiger partial charge in [0.2, 0.25) is 0 Å². The predicted octanol–water partition coefficient (Wildman–Crippen LogP) is 10.2. The van der Waals surface area contributed by atoms with Crippen LogP contribution in [0.2, 0.25) is 30.1 Å². The maximum Gasteiger partial charge on any atom is 0.340 e. The van der Waals surface area contributed by atoms with E-state index in [9.17, 15) is 19.2 Å². The molecule has 0 aliphatic carbocycles. The summed E-state index contributed by atoms with van der Waals surface area (Å²) in [4.78, 5) is 45.7. The lowest BCUT2D eigenvalue weighted by Crippen LogP contribution is -2.07. The lowest BCUT2D eigenvalue weighted by atomic mass is 10.0. The van der Waals surface area contributed by atoms with Crippen LogP contribution in [0.15, 0.2) is 72.8 Å². The van der Waals surface area contributed by atoms with Gasteiger partial charge in [0.1, 0.15) is 0 Å². The van der Waals surface area contributed by atoms with Crippen molar-refractivity contribution in [2.45, 2.75) is 26.8 Å². The molecule has 48 heavy (non-hydrogen) atoms. The summed E-state index contributed by atoms with van der Waals surface area (Å²) in [5, 5.41) is 10.2. The van der Waals surface area contributed by atoms with E-state index in [0.29, 0.717) is 23.6 Å². The van der Waals surface area contributed by atoms with Crippen molar-refractivity contribution in [2.24, 2.45) is 5.73 Å². The lowest BCUT2D eigenvalue weighted by Gasteiger charge is -2.08. The molecule has 14 heteroatoms. The molecule has 0 unspecified atom stereocenters. The third kappa shape index (κ3) is 12.9. The second-order valence-corrected chi connectivity index (χ2v) is 11.8. The van der Waals surface area contributed by atoms with Crippen LogP contribution in [0.4, 0.5) is 0 Å². The molecule has 256 valence electrons. The first kappa shape index (κ1) is 42.7. The van der Waals surface area contributed by atoms with E-state index < -0.39 is 17.9 Å². The van der Waals surface area contributed by atoms with E-state index in [-0.39, 0.29) is 56.4 Å². The second kappa shape index (κ2) is 20.9. The molecule has 4 aromatic rings. The Morgan fingerprint density at radius 2 is 1.04 bits per heavy atom. The standard InChI is InChI=1S/C17H13Cl3O3.C9H6Cl2O4.C7H8ClN.CH4/c1-23-17(22)16-13(19)8-11(9-14(16)20)15(21)6-5-10-3-2-4-12(18)7-10;1-15-9(14)7-5(10)2-4(8(12)13)3-6(7)11;8-7-3-1-2-6(4-7)5-9;/h2-4,7-9H,5-6H2,1H3;2-3H,1H3,(H,12,13);1-4H,5,9H2;1H4. The maximum absolute atomic E-state index is 12.3. The maximum atomic E-state index is 12.3. The minimum absolute atomic E-state index is 0. The van der Waals surface area contributed by atoms with Crippen LogP contribution >= 0.6 is 69.6 Å². The molecule has 0 saturated heterocycles. The van der Waals surface area contributed by atoms with Crippen LogP contribution in [0.5, 0.6) is 0 Å². The molecule has 8 nitrogen and oxygen atoms in total. The Balaban J connectivity index is 0.000000395. The molecule has 0 aliphatic heterocycles. The average molecular weight is 778 g/mol. The molecule has 0 radical (unpaired) electrons. The van der Waals surface area contributed by atoms with Crippen LogP contribution in [0.1, 0.15) is 66.4 Å². The van der Waals surface area contributed by atoms with Gasteiger partial charge < -0.3 is 20.3 Å². The molecular weight excluding hydrogens is 747 g/mol. The highest BCUT2D eigenvalue weighted by Crippen LogP contribution is 2.29. The molecule has 0 heterocycles. The smallest absolute Gasteiger partial charge is 0.340 e. The van der Waals surface area contributed by atoms with Gasteiger partial charge in [-0.3, -0.25) is 4.79 Å². The number of aryl methyl sites for hydroxylation is 1. The van der Waals surface area contributed by atoms with Gasteiger partial charge in [0.15, 0.2) is 5.78 Å². The predicted molar refractivity (Wildman–Crippen MR) is 193 cm³/mol. The Bertz CT molecular complexity index is 1720. The number of aromatic carboxylic acids is 1. The summed E-state index contributed by atoms with van der Waals surface area (Å²) in [5.74, 6) is -2.64. The molecular formula is C34H31Cl6NO7. The fourth-order valence-electron chi connectivity index (χ4n) is 3.78. The molecule has 4 aromatic carbocycles. The van der Waals surface area contributed by atoms with Gasteiger partial charge in [-0.2, -0.15) is 0 Å². The Hall–Kier alpha value is -3.34. The average Bonchev–Trinajstić information content (AvgIpc) is 3.03. The van der Waals surface area contributed by atoms with Crippen LogP contribution in [0.25, 0.3) is 0 Å². The molecule has 0 fully saturated rings. The van der Waals surface area contributed by atoms with Crippen LogP contribution in [0, 0.1) is 0 Å². The van der Waals surface area contributed by atoms with Gasteiger partial charge in [0.25, 0.3) is 0 Å². The molecule has 0 bridgehead atoms. The third-order valence-electron chi connectivity index (χ3n) is 6.09. The van der Waals surface area contributed by atoms with Crippen molar-refractivity contribution in [2.75, 3.05) is 14.2 Å². The number of benzene rings is 4. The van der Waals surface area contributed by atoms with E-state index in [0.717, 1.165) is 28.3 Å². The number of hydrogen-bond acceptors (Lipinski definition) is 7. The van der Waals surface area contributed by atoms with Crippen molar-refractivity contribution >= 4 is 93.3 Å². The fourth-order valence-corrected chi connectivity index (χ4v) is 5.49. The Labute approximate surface area is 308 Å². The zero-order valence-corrected chi connectivity index (χ0v) is 29.3. The second-order valence-electron chi connectivity index (χ2n) is 9.31. The van der Waals surface area contributed by atoms with Crippen molar-refractivity contribution in [1.29, 1.82) is 0 Å². The van der Waals surface area contributed by atoms with Crippen LogP contribution in [-0.2, 0) is 22.4 Å². The summed E-state index contributed by atoms with van der Waals surface area (Å²) in [6.07, 6.45) is 0.831. The van der Waals surface area contributed by atoms with Gasteiger partial charge >= 0.3 is 17.9 Å².